The zero-order valence-corrected chi connectivity index (χ0v) is 19.7. The van der Waals surface area contributed by atoms with Crippen molar-refractivity contribution in [1.29, 1.82) is 0 Å². The molecule has 3 atom stereocenters. The molecular formula is C30H36N2O. The SMILES string of the molecule is O=C1c2ccccc2C2(CCN(CC3CCC4CC=CCC3C4)CC2)N1Cc1ccccc1. The fourth-order valence-corrected chi connectivity index (χ4v) is 7.25. The molecule has 2 aromatic carbocycles. The van der Waals surface area contributed by atoms with Gasteiger partial charge in [0.1, 0.15) is 0 Å². The molecule has 1 spiro atoms. The third-order valence-corrected chi connectivity index (χ3v) is 9.10. The first-order valence-corrected chi connectivity index (χ1v) is 13.1. The summed E-state index contributed by atoms with van der Waals surface area (Å²) in [5, 5.41) is 0. The summed E-state index contributed by atoms with van der Waals surface area (Å²) in [7, 11) is 0. The summed E-state index contributed by atoms with van der Waals surface area (Å²) >= 11 is 0. The van der Waals surface area contributed by atoms with E-state index >= 15 is 0 Å². The Balaban J connectivity index is 1.20. The molecular weight excluding hydrogens is 404 g/mol. The highest BCUT2D eigenvalue weighted by Gasteiger charge is 2.50. The number of fused-ring (bicyclic) bond motifs is 4. The Labute approximate surface area is 198 Å². The second-order valence-electron chi connectivity index (χ2n) is 10.9. The van der Waals surface area contributed by atoms with Crippen molar-refractivity contribution in [3.63, 3.8) is 0 Å². The van der Waals surface area contributed by atoms with Gasteiger partial charge in [0.15, 0.2) is 0 Å². The Morgan fingerprint density at radius 2 is 1.64 bits per heavy atom. The highest BCUT2D eigenvalue weighted by molar-refractivity contribution is 6.00. The predicted octanol–water partition coefficient (Wildman–Crippen LogP) is 6.02. The molecule has 172 valence electrons. The molecule has 3 unspecified atom stereocenters. The number of hydrogen-bond donors (Lipinski definition) is 0. The quantitative estimate of drug-likeness (QED) is 0.543. The van der Waals surface area contributed by atoms with E-state index in [1.165, 1.54) is 49.8 Å². The first kappa shape index (κ1) is 21.2. The van der Waals surface area contributed by atoms with Crippen LogP contribution in [0.15, 0.2) is 66.7 Å². The van der Waals surface area contributed by atoms with E-state index in [1.54, 1.807) is 0 Å². The summed E-state index contributed by atoms with van der Waals surface area (Å²) in [5.74, 6) is 2.87. The van der Waals surface area contributed by atoms with E-state index in [1.807, 2.05) is 12.1 Å². The van der Waals surface area contributed by atoms with Gasteiger partial charge in [0.2, 0.25) is 0 Å². The van der Waals surface area contributed by atoms with Crippen molar-refractivity contribution in [2.75, 3.05) is 19.6 Å². The van der Waals surface area contributed by atoms with Crippen LogP contribution in [0.1, 0.15) is 66.4 Å². The van der Waals surface area contributed by atoms with Gasteiger partial charge >= 0.3 is 0 Å². The zero-order valence-electron chi connectivity index (χ0n) is 19.7. The van der Waals surface area contributed by atoms with E-state index in [4.69, 9.17) is 0 Å². The van der Waals surface area contributed by atoms with Crippen LogP contribution in [0.2, 0.25) is 0 Å². The molecule has 1 amide bonds. The number of benzene rings is 2. The summed E-state index contributed by atoms with van der Waals surface area (Å²) in [6.07, 6.45) is 13.8. The molecule has 0 aromatic heterocycles. The third-order valence-electron chi connectivity index (χ3n) is 9.10. The topological polar surface area (TPSA) is 23.6 Å². The minimum atomic E-state index is -0.150. The van der Waals surface area contributed by atoms with Gasteiger partial charge in [-0.3, -0.25) is 4.79 Å². The molecule has 2 bridgehead atoms. The fraction of sp³-hybridized carbons (Fsp3) is 0.500. The van der Waals surface area contributed by atoms with Gasteiger partial charge in [-0.1, -0.05) is 60.7 Å². The molecule has 1 saturated carbocycles. The summed E-state index contributed by atoms with van der Waals surface area (Å²) < 4.78 is 0. The fourth-order valence-electron chi connectivity index (χ4n) is 7.25. The summed E-state index contributed by atoms with van der Waals surface area (Å²) in [4.78, 5) is 18.4. The summed E-state index contributed by atoms with van der Waals surface area (Å²) in [6.45, 7) is 4.13. The van der Waals surface area contributed by atoms with Gasteiger partial charge in [-0.25, -0.2) is 0 Å². The number of allylic oxidation sites excluding steroid dienone is 2. The Morgan fingerprint density at radius 3 is 2.48 bits per heavy atom. The van der Waals surface area contributed by atoms with Crippen molar-refractivity contribution in [3.05, 3.63) is 83.4 Å². The van der Waals surface area contributed by atoms with E-state index < -0.39 is 0 Å². The van der Waals surface area contributed by atoms with Crippen LogP contribution >= 0.6 is 0 Å². The molecule has 2 aliphatic heterocycles. The average Bonchev–Trinajstić information content (AvgIpc) is 2.98. The third kappa shape index (κ3) is 3.85. The molecule has 2 aliphatic carbocycles. The smallest absolute Gasteiger partial charge is 0.255 e. The average molecular weight is 441 g/mol. The van der Waals surface area contributed by atoms with Crippen molar-refractivity contribution >= 4 is 5.91 Å². The monoisotopic (exact) mass is 440 g/mol. The summed E-state index contributed by atoms with van der Waals surface area (Å²) in [5.41, 5.74) is 3.26. The Bertz CT molecular complexity index is 1020. The van der Waals surface area contributed by atoms with Crippen LogP contribution in [0.4, 0.5) is 0 Å². The van der Waals surface area contributed by atoms with Gasteiger partial charge in [-0.2, -0.15) is 0 Å². The number of amides is 1. The molecule has 2 fully saturated rings. The minimum absolute atomic E-state index is 0.150. The van der Waals surface area contributed by atoms with Crippen LogP contribution < -0.4 is 0 Å². The molecule has 1 saturated heterocycles. The van der Waals surface area contributed by atoms with Crippen molar-refractivity contribution in [2.45, 2.75) is 57.0 Å². The van der Waals surface area contributed by atoms with Crippen LogP contribution in [-0.2, 0) is 12.1 Å². The zero-order chi connectivity index (χ0) is 22.3. The molecule has 33 heavy (non-hydrogen) atoms. The second kappa shape index (κ2) is 8.76. The predicted molar refractivity (Wildman–Crippen MR) is 133 cm³/mol. The van der Waals surface area contributed by atoms with Crippen LogP contribution in [0.5, 0.6) is 0 Å². The molecule has 3 heteroatoms. The largest absolute Gasteiger partial charge is 0.324 e. The number of carbonyl (C=O) groups is 1. The number of hydrogen-bond acceptors (Lipinski definition) is 2. The number of piperidine rings is 1. The van der Waals surface area contributed by atoms with E-state index in [0.717, 1.165) is 49.2 Å². The maximum Gasteiger partial charge on any atom is 0.255 e. The Kier molecular flexibility index (Phi) is 5.62. The van der Waals surface area contributed by atoms with E-state index in [2.05, 4.69) is 64.4 Å². The van der Waals surface area contributed by atoms with Crippen molar-refractivity contribution in [2.24, 2.45) is 17.8 Å². The van der Waals surface area contributed by atoms with Crippen LogP contribution in [-0.4, -0.2) is 35.3 Å². The maximum absolute atomic E-state index is 13.5. The van der Waals surface area contributed by atoms with Gasteiger partial charge in [0, 0.05) is 31.7 Å². The van der Waals surface area contributed by atoms with Crippen molar-refractivity contribution < 1.29 is 4.79 Å². The number of rotatable bonds is 4. The highest BCUT2D eigenvalue weighted by Crippen LogP contribution is 2.48. The van der Waals surface area contributed by atoms with Gasteiger partial charge in [-0.15, -0.1) is 0 Å². The lowest BCUT2D eigenvalue weighted by Gasteiger charge is -2.47. The number of carbonyl (C=O) groups excluding carboxylic acids is 1. The Hall–Kier alpha value is -2.39. The first-order valence-electron chi connectivity index (χ1n) is 13.1. The van der Waals surface area contributed by atoms with Crippen LogP contribution in [0, 0.1) is 17.8 Å². The van der Waals surface area contributed by atoms with Gasteiger partial charge < -0.3 is 9.80 Å². The van der Waals surface area contributed by atoms with Gasteiger partial charge in [0.25, 0.3) is 5.91 Å². The molecule has 0 N–H and O–H groups in total. The Morgan fingerprint density at radius 1 is 0.879 bits per heavy atom. The standard InChI is InChI=1S/C30H36N2O/c33-29-27-12-6-7-13-28(27)30(32(29)21-24-9-2-1-3-10-24)16-18-31(19-17-30)22-26-15-14-23-8-4-5-11-25(26)20-23/h1-7,9-10,12-13,23,25-26H,8,11,14-22H2. The second-order valence-corrected chi connectivity index (χ2v) is 10.9. The van der Waals surface area contributed by atoms with E-state index in [9.17, 15) is 4.79 Å². The molecule has 4 aliphatic rings. The van der Waals surface area contributed by atoms with Gasteiger partial charge in [0.05, 0.1) is 5.54 Å². The number of nitrogens with zero attached hydrogens (tertiary/aromatic N) is 2. The molecule has 0 radical (unpaired) electrons. The molecule has 3 nitrogen and oxygen atoms in total. The normalized spacial score (nSPS) is 28.7. The van der Waals surface area contributed by atoms with Crippen LogP contribution in [0.3, 0.4) is 0 Å². The summed E-state index contributed by atoms with van der Waals surface area (Å²) in [6, 6.07) is 18.9. The lowest BCUT2D eigenvalue weighted by molar-refractivity contribution is 0.0151. The van der Waals surface area contributed by atoms with E-state index in [-0.39, 0.29) is 11.4 Å². The lowest BCUT2D eigenvalue weighted by atomic mass is 9.72. The van der Waals surface area contributed by atoms with Crippen molar-refractivity contribution in [1.82, 2.24) is 9.80 Å². The van der Waals surface area contributed by atoms with Gasteiger partial charge in [-0.05, 0) is 79.9 Å². The molecule has 2 aromatic rings. The molecule has 6 rings (SSSR count). The maximum atomic E-state index is 13.5. The lowest BCUT2D eigenvalue weighted by Crippen LogP contribution is -2.52. The highest BCUT2D eigenvalue weighted by atomic mass is 16.2. The van der Waals surface area contributed by atoms with Crippen LogP contribution in [0.25, 0.3) is 0 Å². The van der Waals surface area contributed by atoms with Crippen molar-refractivity contribution in [3.8, 4) is 0 Å². The molecule has 2 heterocycles. The van der Waals surface area contributed by atoms with E-state index in [0.29, 0.717) is 6.54 Å². The minimum Gasteiger partial charge on any atom is -0.324 e. The first-order chi connectivity index (χ1) is 16.2. The number of likely N-dealkylation sites (tertiary alicyclic amines) is 1.